The van der Waals surface area contributed by atoms with Gasteiger partial charge in [0, 0.05) is 12.6 Å². The van der Waals surface area contributed by atoms with Crippen LogP contribution in [0.1, 0.15) is 26.7 Å². The second kappa shape index (κ2) is 6.91. The summed E-state index contributed by atoms with van der Waals surface area (Å²) in [5, 5.41) is 9.32. The van der Waals surface area contributed by atoms with Crippen molar-refractivity contribution >= 4 is 16.0 Å². The lowest BCUT2D eigenvalue weighted by Gasteiger charge is -2.26. The number of hydrogen-bond donors (Lipinski definition) is 2. The van der Waals surface area contributed by atoms with E-state index >= 15 is 0 Å². The Labute approximate surface area is 125 Å². The van der Waals surface area contributed by atoms with Gasteiger partial charge in [0.05, 0.1) is 17.4 Å². The topological polar surface area (TPSA) is 92.7 Å². The summed E-state index contributed by atoms with van der Waals surface area (Å²) in [5.74, 6) is -0.575. The van der Waals surface area contributed by atoms with Crippen LogP contribution in [0.4, 0.5) is 0 Å². The lowest BCUT2D eigenvalue weighted by Crippen LogP contribution is -2.42. The number of nitrogens with one attached hydrogen (secondary N) is 1. The average molecular weight is 315 g/mol. The van der Waals surface area contributed by atoms with Crippen molar-refractivity contribution in [3.8, 4) is 5.75 Å². The maximum absolute atomic E-state index is 12.2. The molecule has 0 atom stereocenters. The molecule has 0 saturated carbocycles. The Morgan fingerprint density at radius 2 is 1.95 bits per heavy atom. The van der Waals surface area contributed by atoms with E-state index in [-0.39, 0.29) is 11.4 Å². The zero-order chi connectivity index (χ0) is 16.1. The molecule has 118 valence electrons. The smallest absolute Gasteiger partial charge is 0.310 e. The molecule has 0 unspecified atom stereocenters. The first kappa shape index (κ1) is 17.5. The van der Waals surface area contributed by atoms with E-state index in [0.29, 0.717) is 18.6 Å². The molecule has 0 bridgehead atoms. The molecule has 0 amide bonds. The first-order valence-electron chi connectivity index (χ1n) is 6.68. The molecular weight excluding hydrogens is 294 g/mol. The van der Waals surface area contributed by atoms with Crippen LogP contribution in [0.25, 0.3) is 0 Å². The first-order valence-corrected chi connectivity index (χ1v) is 8.16. The molecule has 7 heteroatoms. The third-order valence-electron chi connectivity index (χ3n) is 3.76. The van der Waals surface area contributed by atoms with Gasteiger partial charge in [0.15, 0.2) is 0 Å². The van der Waals surface area contributed by atoms with Crippen LogP contribution < -0.4 is 9.46 Å². The zero-order valence-corrected chi connectivity index (χ0v) is 13.2. The van der Waals surface area contributed by atoms with Crippen LogP contribution in [0.15, 0.2) is 29.2 Å². The van der Waals surface area contributed by atoms with E-state index in [1.807, 2.05) is 0 Å². The van der Waals surface area contributed by atoms with Crippen molar-refractivity contribution in [1.29, 1.82) is 0 Å². The van der Waals surface area contributed by atoms with Gasteiger partial charge in [-0.3, -0.25) is 4.79 Å². The van der Waals surface area contributed by atoms with Crippen LogP contribution in [-0.2, 0) is 14.8 Å². The largest absolute Gasteiger partial charge is 0.497 e. The Morgan fingerprint density at radius 1 is 1.33 bits per heavy atom. The molecule has 0 spiro atoms. The average Bonchev–Trinajstić information content (AvgIpc) is 2.48. The van der Waals surface area contributed by atoms with Gasteiger partial charge in [-0.05, 0) is 25.0 Å². The lowest BCUT2D eigenvalue weighted by molar-refractivity contribution is -0.149. The molecule has 1 aromatic carbocycles. The molecule has 0 aliphatic heterocycles. The quantitative estimate of drug-likeness (QED) is 0.764. The summed E-state index contributed by atoms with van der Waals surface area (Å²) in [6.07, 6.45) is 0.693. The lowest BCUT2D eigenvalue weighted by atomic mass is 9.83. The second-order valence-electron chi connectivity index (χ2n) is 4.80. The number of carbonyl (C=O) groups is 1. The maximum Gasteiger partial charge on any atom is 0.310 e. The normalized spacial score (nSPS) is 12.1. The third kappa shape index (κ3) is 3.95. The Hall–Kier alpha value is -1.60. The van der Waals surface area contributed by atoms with Gasteiger partial charge in [0.1, 0.15) is 5.75 Å². The highest BCUT2D eigenvalue weighted by Gasteiger charge is 2.36. The molecule has 0 aliphatic rings. The van der Waals surface area contributed by atoms with E-state index in [2.05, 4.69) is 4.72 Å². The summed E-state index contributed by atoms with van der Waals surface area (Å²) in [7, 11) is -2.33. The van der Waals surface area contributed by atoms with E-state index in [1.165, 1.54) is 19.2 Å². The van der Waals surface area contributed by atoms with Crippen molar-refractivity contribution in [2.24, 2.45) is 5.41 Å². The Kier molecular flexibility index (Phi) is 5.74. The van der Waals surface area contributed by atoms with E-state index in [9.17, 15) is 18.3 Å². The summed E-state index contributed by atoms with van der Waals surface area (Å²) in [6.45, 7) is 3.32. The van der Waals surface area contributed by atoms with E-state index in [4.69, 9.17) is 4.74 Å². The van der Waals surface area contributed by atoms with Crippen LogP contribution >= 0.6 is 0 Å². The molecule has 0 radical (unpaired) electrons. The van der Waals surface area contributed by atoms with Gasteiger partial charge in [0.2, 0.25) is 10.0 Å². The minimum Gasteiger partial charge on any atom is -0.497 e. The van der Waals surface area contributed by atoms with Gasteiger partial charge in [0.25, 0.3) is 0 Å². The van der Waals surface area contributed by atoms with Crippen LogP contribution in [0, 0.1) is 5.41 Å². The number of carboxylic acids is 1. The number of aliphatic carboxylic acids is 1. The molecule has 1 aromatic rings. The number of sulfonamides is 1. The van der Waals surface area contributed by atoms with Crippen LogP contribution in [-0.4, -0.2) is 33.1 Å². The Balaban J connectivity index is 2.97. The maximum atomic E-state index is 12.2. The third-order valence-corrected chi connectivity index (χ3v) is 5.16. The fraction of sp³-hybridized carbons (Fsp3) is 0.500. The van der Waals surface area contributed by atoms with Crippen molar-refractivity contribution in [2.75, 3.05) is 13.7 Å². The SMILES string of the molecule is CCC(CC)(CNS(=O)(=O)c1cccc(OC)c1)C(=O)O. The van der Waals surface area contributed by atoms with Gasteiger partial charge in [-0.2, -0.15) is 0 Å². The first-order chi connectivity index (χ1) is 9.81. The fourth-order valence-electron chi connectivity index (χ4n) is 1.96. The molecule has 0 aliphatic carbocycles. The highest BCUT2D eigenvalue weighted by Crippen LogP contribution is 2.26. The number of rotatable bonds is 8. The number of carboxylic acid groups (broad SMARTS) is 1. The second-order valence-corrected chi connectivity index (χ2v) is 6.56. The monoisotopic (exact) mass is 315 g/mol. The van der Waals surface area contributed by atoms with E-state index in [0.717, 1.165) is 0 Å². The minimum absolute atomic E-state index is 0.0494. The summed E-state index contributed by atoms with van der Waals surface area (Å²) < 4.78 is 31.9. The highest BCUT2D eigenvalue weighted by molar-refractivity contribution is 7.89. The highest BCUT2D eigenvalue weighted by atomic mass is 32.2. The van der Waals surface area contributed by atoms with Crippen molar-refractivity contribution in [2.45, 2.75) is 31.6 Å². The molecule has 0 fully saturated rings. The fourth-order valence-corrected chi connectivity index (χ4v) is 3.12. The Bertz CT molecular complexity index is 593. The molecule has 0 aromatic heterocycles. The molecular formula is C14H21NO5S. The van der Waals surface area contributed by atoms with Gasteiger partial charge in [-0.25, -0.2) is 13.1 Å². The molecule has 1 rings (SSSR count). The minimum atomic E-state index is -3.77. The van der Waals surface area contributed by atoms with Gasteiger partial charge >= 0.3 is 5.97 Å². The van der Waals surface area contributed by atoms with Crippen molar-refractivity contribution in [3.63, 3.8) is 0 Å². The van der Waals surface area contributed by atoms with Gasteiger partial charge in [-0.15, -0.1) is 0 Å². The predicted octanol–water partition coefficient (Wildman–Crippen LogP) is 1.86. The zero-order valence-electron chi connectivity index (χ0n) is 12.4. The van der Waals surface area contributed by atoms with Crippen LogP contribution in [0.2, 0.25) is 0 Å². The standard InChI is InChI=1S/C14H21NO5S/c1-4-14(5-2,13(16)17)10-15-21(18,19)12-8-6-7-11(9-12)20-3/h6-9,15H,4-5,10H2,1-3H3,(H,16,17). The van der Waals surface area contributed by atoms with E-state index < -0.39 is 21.4 Å². The van der Waals surface area contributed by atoms with Crippen LogP contribution in [0.5, 0.6) is 5.75 Å². The molecule has 21 heavy (non-hydrogen) atoms. The molecule has 2 N–H and O–H groups in total. The number of benzene rings is 1. The number of methoxy groups -OCH3 is 1. The van der Waals surface area contributed by atoms with Crippen molar-refractivity contribution < 1.29 is 23.1 Å². The summed E-state index contributed by atoms with van der Waals surface area (Å²) in [5.41, 5.74) is -1.09. The van der Waals surface area contributed by atoms with Crippen molar-refractivity contribution in [1.82, 2.24) is 4.72 Å². The summed E-state index contributed by atoms with van der Waals surface area (Å²) in [4.78, 5) is 11.4. The van der Waals surface area contributed by atoms with Gasteiger partial charge < -0.3 is 9.84 Å². The summed E-state index contributed by atoms with van der Waals surface area (Å²) >= 11 is 0. The molecule has 0 saturated heterocycles. The van der Waals surface area contributed by atoms with E-state index in [1.54, 1.807) is 26.0 Å². The van der Waals surface area contributed by atoms with Crippen LogP contribution in [0.3, 0.4) is 0 Å². The molecule has 0 heterocycles. The Morgan fingerprint density at radius 3 is 2.43 bits per heavy atom. The summed E-state index contributed by atoms with van der Waals surface area (Å²) in [6, 6.07) is 6.03. The van der Waals surface area contributed by atoms with Crippen molar-refractivity contribution in [3.05, 3.63) is 24.3 Å². The molecule has 6 nitrogen and oxygen atoms in total. The predicted molar refractivity (Wildman–Crippen MR) is 78.8 cm³/mol. The number of hydrogen-bond acceptors (Lipinski definition) is 4. The number of ether oxygens (including phenoxy) is 1. The van der Waals surface area contributed by atoms with Gasteiger partial charge in [-0.1, -0.05) is 19.9 Å².